The molecule has 14 heavy (non-hydrogen) atoms. The molecule has 84 valence electrons. The largest absolute Gasteiger partial charge is 0.481 e. The SMILES string of the molecule is CCCOCCS(=O)CC(C)C(=O)O. The lowest BCUT2D eigenvalue weighted by atomic mass is 10.2. The quantitative estimate of drug-likeness (QED) is 0.619. The zero-order valence-electron chi connectivity index (χ0n) is 8.69. The van der Waals surface area contributed by atoms with E-state index in [2.05, 4.69) is 0 Å². The van der Waals surface area contributed by atoms with E-state index in [-0.39, 0.29) is 5.75 Å². The molecule has 5 heteroatoms. The van der Waals surface area contributed by atoms with Crippen molar-refractivity contribution < 1.29 is 18.8 Å². The van der Waals surface area contributed by atoms with E-state index in [0.29, 0.717) is 19.0 Å². The maximum atomic E-state index is 11.3. The van der Waals surface area contributed by atoms with Gasteiger partial charge in [-0.2, -0.15) is 0 Å². The molecule has 0 radical (unpaired) electrons. The molecule has 0 saturated carbocycles. The van der Waals surface area contributed by atoms with Gasteiger partial charge in [-0.1, -0.05) is 13.8 Å². The Kier molecular flexibility index (Phi) is 7.70. The van der Waals surface area contributed by atoms with Crippen LogP contribution in [0.25, 0.3) is 0 Å². The maximum Gasteiger partial charge on any atom is 0.307 e. The summed E-state index contributed by atoms with van der Waals surface area (Å²) in [5.74, 6) is -0.794. The van der Waals surface area contributed by atoms with Crippen LogP contribution in [-0.2, 0) is 20.3 Å². The number of aliphatic carboxylic acids is 1. The summed E-state index contributed by atoms with van der Waals surface area (Å²) in [6.45, 7) is 4.69. The Balaban J connectivity index is 3.50. The van der Waals surface area contributed by atoms with Gasteiger partial charge in [-0.15, -0.1) is 0 Å². The van der Waals surface area contributed by atoms with Crippen molar-refractivity contribution in [2.75, 3.05) is 24.7 Å². The van der Waals surface area contributed by atoms with Crippen LogP contribution in [0.4, 0.5) is 0 Å². The molecule has 0 amide bonds. The van der Waals surface area contributed by atoms with E-state index in [9.17, 15) is 9.00 Å². The second-order valence-electron chi connectivity index (χ2n) is 3.16. The fourth-order valence-corrected chi connectivity index (χ4v) is 2.00. The van der Waals surface area contributed by atoms with Gasteiger partial charge in [-0.3, -0.25) is 9.00 Å². The summed E-state index contributed by atoms with van der Waals surface area (Å²) in [5, 5.41) is 8.57. The lowest BCUT2D eigenvalue weighted by Crippen LogP contribution is -2.20. The summed E-state index contributed by atoms with van der Waals surface area (Å²) in [7, 11) is -1.08. The first-order valence-corrected chi connectivity index (χ1v) is 6.22. The van der Waals surface area contributed by atoms with Crippen LogP contribution in [0.2, 0.25) is 0 Å². The Bertz CT molecular complexity index is 193. The van der Waals surface area contributed by atoms with E-state index in [1.54, 1.807) is 6.92 Å². The average molecular weight is 222 g/mol. The number of hydrogen-bond acceptors (Lipinski definition) is 3. The Hall–Kier alpha value is -0.420. The summed E-state index contributed by atoms with van der Waals surface area (Å²) >= 11 is 0. The Morgan fingerprint density at radius 2 is 2.14 bits per heavy atom. The van der Waals surface area contributed by atoms with E-state index in [4.69, 9.17) is 9.84 Å². The lowest BCUT2D eigenvalue weighted by Gasteiger charge is -2.06. The number of carboxylic acids is 1. The summed E-state index contributed by atoms with van der Waals surface area (Å²) in [6.07, 6.45) is 0.943. The van der Waals surface area contributed by atoms with Gasteiger partial charge in [0, 0.05) is 28.9 Å². The van der Waals surface area contributed by atoms with E-state index < -0.39 is 22.7 Å². The van der Waals surface area contributed by atoms with E-state index in [0.717, 1.165) is 6.42 Å². The van der Waals surface area contributed by atoms with Crippen LogP contribution in [0.15, 0.2) is 0 Å². The Labute approximate surface area is 87.1 Å². The van der Waals surface area contributed by atoms with Crippen LogP contribution >= 0.6 is 0 Å². The molecule has 0 aromatic rings. The van der Waals surface area contributed by atoms with Crippen molar-refractivity contribution >= 4 is 16.8 Å². The molecule has 0 aromatic heterocycles. The van der Waals surface area contributed by atoms with Gasteiger partial charge >= 0.3 is 5.97 Å². The third-order valence-electron chi connectivity index (χ3n) is 1.66. The predicted molar refractivity (Wildman–Crippen MR) is 55.8 cm³/mol. The highest BCUT2D eigenvalue weighted by atomic mass is 32.2. The van der Waals surface area contributed by atoms with Crippen LogP contribution in [-0.4, -0.2) is 40.0 Å². The number of hydrogen-bond donors (Lipinski definition) is 1. The molecular weight excluding hydrogens is 204 g/mol. The molecule has 2 unspecified atom stereocenters. The van der Waals surface area contributed by atoms with Gasteiger partial charge in [0.1, 0.15) is 0 Å². The van der Waals surface area contributed by atoms with Gasteiger partial charge in [0.2, 0.25) is 0 Å². The zero-order valence-corrected chi connectivity index (χ0v) is 9.51. The minimum Gasteiger partial charge on any atom is -0.481 e. The molecular formula is C9H18O4S. The van der Waals surface area contributed by atoms with Gasteiger partial charge in [-0.25, -0.2) is 0 Å². The number of ether oxygens (including phenoxy) is 1. The molecule has 0 aliphatic rings. The fourth-order valence-electron chi connectivity index (χ4n) is 0.832. The van der Waals surface area contributed by atoms with Crippen molar-refractivity contribution in [2.24, 2.45) is 5.92 Å². The maximum absolute atomic E-state index is 11.3. The smallest absolute Gasteiger partial charge is 0.307 e. The molecule has 2 atom stereocenters. The van der Waals surface area contributed by atoms with Gasteiger partial charge in [-0.05, 0) is 6.42 Å². The molecule has 0 bridgehead atoms. The Morgan fingerprint density at radius 1 is 1.50 bits per heavy atom. The summed E-state index contributed by atoms with van der Waals surface area (Å²) in [4.78, 5) is 10.4. The third kappa shape index (κ3) is 7.03. The van der Waals surface area contributed by atoms with Crippen molar-refractivity contribution in [3.05, 3.63) is 0 Å². The topological polar surface area (TPSA) is 63.6 Å². The average Bonchev–Trinajstić information content (AvgIpc) is 2.12. The van der Waals surface area contributed by atoms with Crippen LogP contribution in [0.5, 0.6) is 0 Å². The minimum atomic E-state index is -1.08. The van der Waals surface area contributed by atoms with Crippen molar-refractivity contribution in [3.8, 4) is 0 Å². The van der Waals surface area contributed by atoms with Crippen LogP contribution < -0.4 is 0 Å². The third-order valence-corrected chi connectivity index (χ3v) is 3.16. The second-order valence-corrected chi connectivity index (χ2v) is 4.78. The van der Waals surface area contributed by atoms with Crippen LogP contribution in [0, 0.1) is 5.92 Å². The molecule has 0 fully saturated rings. The van der Waals surface area contributed by atoms with Crippen LogP contribution in [0.1, 0.15) is 20.3 Å². The monoisotopic (exact) mass is 222 g/mol. The van der Waals surface area contributed by atoms with E-state index in [1.807, 2.05) is 6.92 Å². The van der Waals surface area contributed by atoms with E-state index >= 15 is 0 Å². The van der Waals surface area contributed by atoms with Crippen LogP contribution in [0.3, 0.4) is 0 Å². The highest BCUT2D eigenvalue weighted by molar-refractivity contribution is 7.85. The summed E-state index contributed by atoms with van der Waals surface area (Å²) in [5.41, 5.74) is 0. The highest BCUT2D eigenvalue weighted by Gasteiger charge is 2.14. The van der Waals surface area contributed by atoms with Crippen molar-refractivity contribution in [3.63, 3.8) is 0 Å². The first-order valence-electron chi connectivity index (χ1n) is 4.73. The first kappa shape index (κ1) is 13.6. The van der Waals surface area contributed by atoms with Crippen molar-refractivity contribution in [1.82, 2.24) is 0 Å². The number of carboxylic acid groups (broad SMARTS) is 1. The summed E-state index contributed by atoms with van der Waals surface area (Å²) < 4.78 is 16.4. The molecule has 0 aliphatic heterocycles. The van der Waals surface area contributed by atoms with Crippen molar-refractivity contribution in [1.29, 1.82) is 0 Å². The minimum absolute atomic E-state index is 0.213. The number of carbonyl (C=O) groups is 1. The van der Waals surface area contributed by atoms with E-state index in [1.165, 1.54) is 0 Å². The molecule has 1 N–H and O–H groups in total. The molecule has 0 spiro atoms. The zero-order chi connectivity index (χ0) is 11.0. The molecule has 0 rings (SSSR count). The van der Waals surface area contributed by atoms with Gasteiger partial charge in [0.15, 0.2) is 0 Å². The van der Waals surface area contributed by atoms with Gasteiger partial charge in [0.05, 0.1) is 12.5 Å². The number of rotatable bonds is 8. The molecule has 0 aliphatic carbocycles. The molecule has 0 saturated heterocycles. The summed E-state index contributed by atoms with van der Waals surface area (Å²) in [6, 6.07) is 0. The normalized spacial score (nSPS) is 15.0. The second kappa shape index (κ2) is 7.94. The highest BCUT2D eigenvalue weighted by Crippen LogP contribution is 1.98. The Morgan fingerprint density at radius 3 is 2.64 bits per heavy atom. The lowest BCUT2D eigenvalue weighted by molar-refractivity contribution is -0.140. The first-order chi connectivity index (χ1) is 6.57. The van der Waals surface area contributed by atoms with Gasteiger partial charge in [0.25, 0.3) is 0 Å². The molecule has 4 nitrogen and oxygen atoms in total. The fraction of sp³-hybridized carbons (Fsp3) is 0.889. The molecule has 0 heterocycles. The molecule has 0 aromatic carbocycles. The standard InChI is InChI=1S/C9H18O4S/c1-3-4-13-5-6-14(12)7-8(2)9(10)11/h8H,3-7H2,1-2H3,(H,10,11). The van der Waals surface area contributed by atoms with Crippen molar-refractivity contribution in [2.45, 2.75) is 20.3 Å². The van der Waals surface area contributed by atoms with Gasteiger partial charge < -0.3 is 9.84 Å². The predicted octanol–water partition coefficient (Wildman–Crippen LogP) is 0.882.